The average molecular weight is 326 g/mol. The van der Waals surface area contributed by atoms with Crippen LogP contribution in [0.15, 0.2) is 42.5 Å². The van der Waals surface area contributed by atoms with Crippen molar-refractivity contribution in [3.63, 3.8) is 0 Å². The second kappa shape index (κ2) is 7.95. The van der Waals surface area contributed by atoms with Crippen LogP contribution in [0.2, 0.25) is 0 Å². The van der Waals surface area contributed by atoms with Crippen LogP contribution < -0.4 is 20.5 Å². The highest BCUT2D eigenvalue weighted by Gasteiger charge is 2.18. The summed E-state index contributed by atoms with van der Waals surface area (Å²) in [5, 5.41) is 3.41. The van der Waals surface area contributed by atoms with Crippen molar-refractivity contribution in [3.05, 3.63) is 48.0 Å². The highest BCUT2D eigenvalue weighted by Crippen LogP contribution is 2.32. The van der Waals surface area contributed by atoms with Gasteiger partial charge in [0.15, 0.2) is 11.5 Å². The topological polar surface area (TPSA) is 56.5 Å². The number of nitrogens with one attached hydrogen (secondary N) is 1. The van der Waals surface area contributed by atoms with Crippen LogP contribution in [0, 0.1) is 0 Å². The van der Waals surface area contributed by atoms with E-state index in [2.05, 4.69) is 17.4 Å². The standard InChI is InChI=1S/C20H26N2O2/c1-23-19-11-6-15(14-20(19)24-18-4-2-3-5-18)12-13-22-17-9-7-16(21)8-10-17/h6-11,14,18,22H,2-5,12-13,21H2,1H3. The summed E-state index contributed by atoms with van der Waals surface area (Å²) in [4.78, 5) is 0. The first kappa shape index (κ1) is 16.5. The molecule has 0 atom stereocenters. The fourth-order valence-electron chi connectivity index (χ4n) is 3.11. The first-order valence-electron chi connectivity index (χ1n) is 8.67. The molecule has 0 unspecified atom stereocenters. The minimum absolute atomic E-state index is 0.335. The molecule has 128 valence electrons. The van der Waals surface area contributed by atoms with Gasteiger partial charge in [0.25, 0.3) is 0 Å². The lowest BCUT2D eigenvalue weighted by Crippen LogP contribution is -2.12. The van der Waals surface area contributed by atoms with Gasteiger partial charge in [-0.2, -0.15) is 0 Å². The van der Waals surface area contributed by atoms with Crippen molar-refractivity contribution in [2.45, 2.75) is 38.2 Å². The number of rotatable bonds is 7. The van der Waals surface area contributed by atoms with Crippen molar-refractivity contribution in [2.24, 2.45) is 0 Å². The lowest BCUT2D eigenvalue weighted by Gasteiger charge is -2.17. The van der Waals surface area contributed by atoms with Crippen molar-refractivity contribution < 1.29 is 9.47 Å². The van der Waals surface area contributed by atoms with E-state index in [9.17, 15) is 0 Å². The predicted octanol–water partition coefficient (Wildman–Crippen LogP) is 4.25. The van der Waals surface area contributed by atoms with E-state index in [4.69, 9.17) is 15.2 Å². The maximum absolute atomic E-state index is 6.16. The van der Waals surface area contributed by atoms with Gasteiger partial charge in [0.2, 0.25) is 0 Å². The van der Waals surface area contributed by atoms with Crippen molar-refractivity contribution >= 4 is 11.4 Å². The first-order chi connectivity index (χ1) is 11.7. The maximum Gasteiger partial charge on any atom is 0.161 e. The van der Waals surface area contributed by atoms with E-state index >= 15 is 0 Å². The van der Waals surface area contributed by atoms with E-state index in [1.54, 1.807) is 7.11 Å². The Morgan fingerprint density at radius 1 is 1.04 bits per heavy atom. The second-order valence-corrected chi connectivity index (χ2v) is 6.31. The SMILES string of the molecule is COc1ccc(CCNc2ccc(N)cc2)cc1OC1CCCC1. The van der Waals surface area contributed by atoms with Gasteiger partial charge in [-0.05, 0) is 74.1 Å². The summed E-state index contributed by atoms with van der Waals surface area (Å²) in [5.41, 5.74) is 8.81. The highest BCUT2D eigenvalue weighted by atomic mass is 16.5. The Balaban J connectivity index is 1.59. The van der Waals surface area contributed by atoms with Gasteiger partial charge < -0.3 is 20.5 Å². The molecule has 24 heavy (non-hydrogen) atoms. The molecule has 4 heteroatoms. The zero-order valence-corrected chi connectivity index (χ0v) is 14.3. The van der Waals surface area contributed by atoms with Crippen molar-refractivity contribution in [3.8, 4) is 11.5 Å². The summed E-state index contributed by atoms with van der Waals surface area (Å²) in [6.07, 6.45) is 6.08. The van der Waals surface area contributed by atoms with E-state index in [1.807, 2.05) is 30.3 Å². The van der Waals surface area contributed by atoms with Crippen LogP contribution >= 0.6 is 0 Å². The van der Waals surface area contributed by atoms with Gasteiger partial charge >= 0.3 is 0 Å². The summed E-state index contributed by atoms with van der Waals surface area (Å²) >= 11 is 0. The number of ether oxygens (including phenoxy) is 2. The van der Waals surface area contributed by atoms with E-state index in [0.717, 1.165) is 48.7 Å². The van der Waals surface area contributed by atoms with Gasteiger partial charge in [-0.1, -0.05) is 6.07 Å². The number of nitrogen functional groups attached to an aromatic ring is 1. The number of methoxy groups -OCH3 is 1. The van der Waals surface area contributed by atoms with Crippen LogP contribution in [0.4, 0.5) is 11.4 Å². The monoisotopic (exact) mass is 326 g/mol. The number of hydrogen-bond donors (Lipinski definition) is 2. The molecule has 2 aromatic carbocycles. The molecule has 3 rings (SSSR count). The summed E-state index contributed by atoms with van der Waals surface area (Å²) in [7, 11) is 1.69. The summed E-state index contributed by atoms with van der Waals surface area (Å²) < 4.78 is 11.6. The quantitative estimate of drug-likeness (QED) is 0.747. The number of anilines is 2. The molecule has 0 radical (unpaired) electrons. The molecule has 0 aliphatic heterocycles. The zero-order valence-electron chi connectivity index (χ0n) is 14.3. The van der Waals surface area contributed by atoms with Gasteiger partial charge in [-0.15, -0.1) is 0 Å². The third-order valence-electron chi connectivity index (χ3n) is 4.48. The van der Waals surface area contributed by atoms with Crippen LogP contribution in [0.5, 0.6) is 11.5 Å². The Labute approximate surface area is 144 Å². The second-order valence-electron chi connectivity index (χ2n) is 6.31. The number of benzene rings is 2. The Hall–Kier alpha value is -2.36. The van der Waals surface area contributed by atoms with Gasteiger partial charge in [-0.25, -0.2) is 0 Å². The molecular formula is C20H26N2O2. The smallest absolute Gasteiger partial charge is 0.161 e. The highest BCUT2D eigenvalue weighted by molar-refractivity contribution is 5.51. The minimum atomic E-state index is 0.335. The van der Waals surface area contributed by atoms with E-state index in [0.29, 0.717) is 6.10 Å². The average Bonchev–Trinajstić information content (AvgIpc) is 3.10. The molecule has 1 aliphatic rings. The van der Waals surface area contributed by atoms with Crippen LogP contribution in [-0.2, 0) is 6.42 Å². The Morgan fingerprint density at radius 2 is 1.79 bits per heavy atom. The van der Waals surface area contributed by atoms with Crippen LogP contribution in [0.1, 0.15) is 31.2 Å². The number of hydrogen-bond acceptors (Lipinski definition) is 4. The Kier molecular flexibility index (Phi) is 5.47. The molecule has 4 nitrogen and oxygen atoms in total. The van der Waals surface area contributed by atoms with E-state index in [1.165, 1.54) is 18.4 Å². The molecule has 0 spiro atoms. The fourth-order valence-corrected chi connectivity index (χ4v) is 3.11. The van der Waals surface area contributed by atoms with Gasteiger partial charge in [0, 0.05) is 17.9 Å². The van der Waals surface area contributed by atoms with Crippen LogP contribution in [0.3, 0.4) is 0 Å². The molecule has 3 N–H and O–H groups in total. The summed E-state index contributed by atoms with van der Waals surface area (Å²) in [5.74, 6) is 1.69. The van der Waals surface area contributed by atoms with E-state index < -0.39 is 0 Å². The third kappa shape index (κ3) is 4.34. The normalized spacial score (nSPS) is 14.5. The lowest BCUT2D eigenvalue weighted by molar-refractivity contribution is 0.200. The fraction of sp³-hybridized carbons (Fsp3) is 0.400. The third-order valence-corrected chi connectivity index (χ3v) is 4.48. The van der Waals surface area contributed by atoms with Crippen LogP contribution in [0.25, 0.3) is 0 Å². The Morgan fingerprint density at radius 3 is 2.50 bits per heavy atom. The molecule has 0 aromatic heterocycles. The minimum Gasteiger partial charge on any atom is -0.493 e. The predicted molar refractivity (Wildman–Crippen MR) is 98.9 cm³/mol. The van der Waals surface area contributed by atoms with Crippen molar-refractivity contribution in [1.29, 1.82) is 0 Å². The lowest BCUT2D eigenvalue weighted by atomic mass is 10.1. The number of nitrogens with two attached hydrogens (primary N) is 1. The molecule has 0 amide bonds. The molecular weight excluding hydrogens is 300 g/mol. The molecule has 1 fully saturated rings. The van der Waals surface area contributed by atoms with Gasteiger partial charge in [-0.3, -0.25) is 0 Å². The van der Waals surface area contributed by atoms with Crippen molar-refractivity contribution in [2.75, 3.05) is 24.7 Å². The Bertz CT molecular complexity index is 649. The molecule has 0 bridgehead atoms. The summed E-state index contributed by atoms with van der Waals surface area (Å²) in [6, 6.07) is 14.0. The molecule has 1 saturated carbocycles. The van der Waals surface area contributed by atoms with E-state index in [-0.39, 0.29) is 0 Å². The molecule has 2 aromatic rings. The van der Waals surface area contributed by atoms with Crippen molar-refractivity contribution in [1.82, 2.24) is 0 Å². The maximum atomic E-state index is 6.16. The van der Waals surface area contributed by atoms with Gasteiger partial charge in [0.05, 0.1) is 13.2 Å². The zero-order chi connectivity index (χ0) is 16.8. The molecule has 0 heterocycles. The molecule has 1 aliphatic carbocycles. The van der Waals surface area contributed by atoms with Crippen LogP contribution in [-0.4, -0.2) is 19.8 Å². The van der Waals surface area contributed by atoms with Gasteiger partial charge in [0.1, 0.15) is 0 Å². The largest absolute Gasteiger partial charge is 0.493 e. The molecule has 0 saturated heterocycles. The summed E-state index contributed by atoms with van der Waals surface area (Å²) in [6.45, 7) is 0.860. The first-order valence-corrected chi connectivity index (χ1v) is 8.67.